The van der Waals surface area contributed by atoms with Gasteiger partial charge >= 0.3 is 25.0 Å². The fraction of sp³-hybridized carbons (Fsp3) is 0.432. The zero-order valence-corrected chi connectivity index (χ0v) is 87.7. The highest BCUT2D eigenvalue weighted by molar-refractivity contribution is 9.10. The Balaban J connectivity index is 0.000000118. The minimum Gasteiger partial charge on any atom is -0.481 e. The number of benzene rings is 2. The van der Waals surface area contributed by atoms with Gasteiger partial charge in [-0.05, 0) is 328 Å². The summed E-state index contributed by atoms with van der Waals surface area (Å²) in [6.07, 6.45) is 22.8. The molecule has 12 bridgehead atoms. The van der Waals surface area contributed by atoms with E-state index in [1.54, 1.807) is 62.3 Å². The quantitative estimate of drug-likeness (QED) is 0.00961. The van der Waals surface area contributed by atoms with Gasteiger partial charge in [-0.2, -0.15) is 30.7 Å². The number of amides is 4. The molecule has 6 aliphatic carbocycles. The number of Topliss-reactive ketones (excluding diaryl/α,β-unsaturated/α-hetero) is 1. The van der Waals surface area contributed by atoms with Crippen LogP contribution in [0.5, 0.6) is 0 Å². The first kappa shape index (κ1) is 107. The summed E-state index contributed by atoms with van der Waals surface area (Å²) in [4.78, 5) is 142. The van der Waals surface area contributed by atoms with Crippen molar-refractivity contribution in [2.75, 3.05) is 13.2 Å². The molecule has 0 radical (unpaired) electrons. The summed E-state index contributed by atoms with van der Waals surface area (Å²) in [5, 5.41) is 53.6. The summed E-state index contributed by atoms with van der Waals surface area (Å²) in [6, 6.07) is 47.6. The average Bonchev–Trinajstić information content (AvgIpc) is 1.52. The number of ketones is 1. The van der Waals surface area contributed by atoms with E-state index in [0.717, 1.165) is 195 Å². The van der Waals surface area contributed by atoms with Crippen molar-refractivity contribution in [1.82, 2.24) is 79.3 Å². The Morgan fingerprint density at radius 3 is 1.43 bits per heavy atom. The maximum atomic E-state index is 12.3. The normalized spacial score (nSPS) is 22.3. The standard InChI is InChI=1S/C24H21N5O.C17H21N3O3.C16H17BN2O2.C15H15N3O2.C14H14BrN3.C11H13NO3.C6H8N2O2.C6H10N2O.C2H4O2/c1-13-3-2-4-20(27-13)22-21(23-14-5-7-16(11-14)29(23)28-22)17-9-10-26-19-8-6-15(24(25)30)12-18(17)19;1-3-23-16(21)10-15(14-6-4-5-11(2)18-14)19-20-13-8-7-12(9-13)17(20)22;1-15(2)16(3,4)21-17(20-15)13-7-8-19-14-6-5-11(10-18)9-12(13)14;1-8-3-2-4-11(16-8)13-12(15(19)20)14-9-5-6-10(7-9)18(14)17-13;1-8-3-2-4-11(16-8)13-12(15)14-9-5-6-10(7-9)18(14)17-13;1-3-15-11(14)7-10(13)9-6-4-5-8(2)12-9;9-6-4-1-2-5(3-4)8(6)7-10;7-8-5-2-1-4(3-5)6(8)9;1-2(3)4/h2-4,6,8-10,12,14,16H,5,7,11H2,1H3,(H2,25,30);4-6,12-13H,3,7-10H2,1-2H3;5-9H,1-4H3;2-4,9-10H,5-7H2,1H3,(H,19,20);2-4,9-10H,5-7H2,1H3;4-6H,3,7H2,1-2H3;4-5H,1-3H2;4-5H,1-3,7H2;1H3,(H,3,4)/b;19-15-;;;;;;;. The van der Waals surface area contributed by atoms with Gasteiger partial charge < -0.3 is 34.7 Å². The number of halogens is 1. The smallest absolute Gasteiger partial charge is 0.481 e. The minimum absolute atomic E-state index is 0.0193. The van der Waals surface area contributed by atoms with Gasteiger partial charge in [-0.25, -0.2) is 15.6 Å². The number of aromatic nitrogens is 13. The zero-order chi connectivity index (χ0) is 107. The van der Waals surface area contributed by atoms with E-state index >= 15 is 0 Å². The predicted molar refractivity (Wildman–Crippen MR) is 562 cm³/mol. The lowest BCUT2D eigenvalue weighted by Gasteiger charge is -2.32. The third-order valence-corrected chi connectivity index (χ3v) is 31.2. The monoisotopic (exact) mass is 2100 g/mol. The molecule has 10 fully saturated rings. The fourth-order valence-corrected chi connectivity index (χ4v) is 23.4. The van der Waals surface area contributed by atoms with Crippen LogP contribution in [-0.4, -0.2) is 198 Å². The highest BCUT2D eigenvalue weighted by Crippen LogP contribution is 2.57. The lowest BCUT2D eigenvalue weighted by molar-refractivity contribution is -0.142. The van der Waals surface area contributed by atoms with Crippen LogP contribution >= 0.6 is 15.9 Å². The first-order valence-electron chi connectivity index (χ1n) is 51.4. The number of carboxylic acids is 2. The van der Waals surface area contributed by atoms with Gasteiger partial charge in [0.2, 0.25) is 23.6 Å². The Morgan fingerprint density at radius 2 is 0.940 bits per heavy atom. The number of ether oxygens (including phenoxy) is 2. The molecule has 6 saturated carbocycles. The summed E-state index contributed by atoms with van der Waals surface area (Å²) < 4.78 is 29.5. The highest BCUT2D eigenvalue weighted by Gasteiger charge is 2.54. The number of piperidine rings is 3. The minimum atomic E-state index is -0.892. The number of pyridine rings is 7. The molecule has 10 aromatic heterocycles. The largest absolute Gasteiger partial charge is 0.495 e. The second-order valence-corrected chi connectivity index (χ2v) is 41.9. The van der Waals surface area contributed by atoms with Crippen molar-refractivity contribution in [1.29, 1.82) is 5.26 Å². The molecule has 12 atom stereocenters. The molecular formula is C111H123BBrN21O16. The molecule has 37 nitrogen and oxygen atoms in total. The van der Waals surface area contributed by atoms with Crippen LogP contribution in [0.2, 0.25) is 0 Å². The van der Waals surface area contributed by atoms with Gasteiger partial charge in [0.15, 0.2) is 5.78 Å². The predicted octanol–water partition coefficient (Wildman–Crippen LogP) is 17.6. The Labute approximate surface area is 876 Å². The van der Waals surface area contributed by atoms with Crippen molar-refractivity contribution in [3.8, 4) is 51.4 Å². The SMILES string of the molecule is CC(=O)O.CC1(C)OB(c2ccnc3ccc(C#N)cc23)OC1(C)C.CCOC(=O)C/C(=N/N1C(=O)C2CCC1C2)c1cccc(C)n1.CCOC(=O)CC(=O)c1cccc(C)n1.Cc1cccc(-c2nn3c(c2-c2ccnc4ccc(C(N)=O)cc24)C2CCC3C2)n1.Cc1cccc(-c2nn3c(c2Br)C2CCC3C2)n1.Cc1cccc(-c2nn3c(c2C(=O)O)C2CCC3C2)n1.NN1C(=O)C2CCC1C2.O=NN1C(=O)C2CCC1C2. The number of aromatic carboxylic acids is 1. The van der Waals surface area contributed by atoms with E-state index in [4.69, 9.17) is 56.0 Å². The number of primary amides is 1. The van der Waals surface area contributed by atoms with Crippen molar-refractivity contribution < 1.29 is 72.1 Å². The molecule has 4 saturated heterocycles. The molecular weight excluding hydrogens is 1970 g/mol. The van der Waals surface area contributed by atoms with Gasteiger partial charge in [0.25, 0.3) is 5.97 Å². The molecule has 0 spiro atoms. The maximum Gasteiger partial charge on any atom is 0.495 e. The first-order chi connectivity index (χ1) is 71.9. The van der Waals surface area contributed by atoms with Crippen LogP contribution in [-0.2, 0) is 47.5 Å². The first-order valence-corrected chi connectivity index (χ1v) is 52.2. The summed E-state index contributed by atoms with van der Waals surface area (Å²) in [6.45, 7) is 22.8. The molecule has 25 rings (SSSR count). The number of aryl methyl sites for hydroxylation is 5. The van der Waals surface area contributed by atoms with E-state index < -0.39 is 30.9 Å². The van der Waals surface area contributed by atoms with Crippen LogP contribution in [0, 0.1) is 68.6 Å². The number of hydrogen-bond donors (Lipinski definition) is 4. The number of carboxylic acid groups (broad SMARTS) is 2. The Hall–Kier alpha value is -14.7. The number of nitrogens with two attached hydrogens (primary N) is 2. The van der Waals surface area contributed by atoms with Gasteiger partial charge in [-0.3, -0.25) is 92.3 Å². The van der Waals surface area contributed by atoms with Crippen LogP contribution < -0.4 is 17.0 Å². The van der Waals surface area contributed by atoms with Crippen LogP contribution in [0.25, 0.3) is 67.1 Å². The molecule has 2 aromatic carbocycles. The maximum absolute atomic E-state index is 12.3. The summed E-state index contributed by atoms with van der Waals surface area (Å²) in [7, 11) is -0.450. The van der Waals surface area contributed by atoms with Crippen molar-refractivity contribution in [2.24, 2.45) is 39.7 Å². The second kappa shape index (κ2) is 45.4. The van der Waals surface area contributed by atoms with E-state index in [2.05, 4.69) is 81.5 Å². The third-order valence-electron chi connectivity index (χ3n) is 30.5. The van der Waals surface area contributed by atoms with E-state index in [-0.39, 0.29) is 90.0 Å². The number of carbonyl (C=O) groups excluding carboxylic acids is 7. The van der Waals surface area contributed by atoms with Gasteiger partial charge in [0, 0.05) is 111 Å². The zero-order valence-electron chi connectivity index (χ0n) is 86.1. The Kier molecular flexibility index (Phi) is 32.2. The van der Waals surface area contributed by atoms with Crippen molar-refractivity contribution in [3.05, 3.63) is 235 Å². The molecule has 12 aromatic rings. The average molecular weight is 2100 g/mol. The second-order valence-electron chi connectivity index (χ2n) is 41.1. The molecule has 39 heteroatoms. The van der Waals surface area contributed by atoms with E-state index in [1.165, 1.54) is 48.5 Å². The Bertz CT molecular complexity index is 7300. The van der Waals surface area contributed by atoms with Crippen LogP contribution in [0.15, 0.2) is 167 Å². The number of nitriles is 1. The van der Waals surface area contributed by atoms with Gasteiger partial charge in [0.05, 0.1) is 139 Å². The third kappa shape index (κ3) is 22.7. The summed E-state index contributed by atoms with van der Waals surface area (Å²) >= 11 is 3.74. The number of hydrazine groups is 1. The number of hydrazone groups is 1. The number of fused-ring (bicyclic) bond motifs is 23. The molecule has 17 heterocycles. The topological polar surface area (TPSA) is 502 Å². The van der Waals surface area contributed by atoms with Crippen molar-refractivity contribution in [3.63, 3.8) is 0 Å². The van der Waals surface area contributed by atoms with E-state index in [9.17, 15) is 48.4 Å². The van der Waals surface area contributed by atoms with Gasteiger partial charge in [-0.15, -0.1) is 4.91 Å². The molecule has 150 heavy (non-hydrogen) atoms. The van der Waals surface area contributed by atoms with Crippen molar-refractivity contribution >= 4 is 109 Å². The number of nitroso groups, excluding NO2 is 1. The van der Waals surface area contributed by atoms with Gasteiger partial charge in [0.1, 0.15) is 34.8 Å². The molecule has 12 unspecified atom stereocenters. The fourth-order valence-electron chi connectivity index (χ4n) is 22.6. The molecule has 6 N–H and O–H groups in total. The van der Waals surface area contributed by atoms with Crippen molar-refractivity contribution in [2.45, 2.75) is 277 Å². The highest BCUT2D eigenvalue weighted by atomic mass is 79.9. The Morgan fingerprint density at radius 1 is 0.507 bits per heavy atom. The molecule has 13 aliphatic rings. The number of aliphatic carboxylic acids is 1. The van der Waals surface area contributed by atoms with Crippen LogP contribution in [0.1, 0.15) is 301 Å². The molecule has 7 aliphatic heterocycles. The lowest BCUT2D eigenvalue weighted by Crippen LogP contribution is -2.42. The summed E-state index contributed by atoms with van der Waals surface area (Å²) in [5.41, 5.74) is 25.4. The van der Waals surface area contributed by atoms with Gasteiger partial charge in [-0.1, -0.05) is 30.3 Å². The van der Waals surface area contributed by atoms with Crippen LogP contribution in [0.4, 0.5) is 0 Å². The lowest BCUT2D eigenvalue weighted by atomic mass is 9.77. The number of carbonyl (C=O) groups is 9. The van der Waals surface area contributed by atoms with E-state index in [0.29, 0.717) is 93.7 Å². The summed E-state index contributed by atoms with van der Waals surface area (Å²) in [5.74, 6) is 4.33. The number of esters is 2. The van der Waals surface area contributed by atoms with E-state index in [1.807, 2.05) is 175 Å². The van der Waals surface area contributed by atoms with Crippen LogP contribution in [0.3, 0.4) is 0 Å². The number of nitrogens with zero attached hydrogens (tertiary/aromatic N) is 19. The number of hydrogen-bond acceptors (Lipinski definition) is 28. The molecule has 778 valence electrons. The number of rotatable bonds is 17. The molecule has 4 amide bonds.